The molecular formula is C14H19FN2O. The minimum Gasteiger partial charge on any atom is -0.348 e. The van der Waals surface area contributed by atoms with Crippen molar-refractivity contribution in [1.29, 1.82) is 0 Å². The number of halogens is 1. The number of amides is 1. The molecule has 0 atom stereocenters. The molecule has 1 aromatic rings. The molecule has 1 aliphatic carbocycles. The van der Waals surface area contributed by atoms with E-state index in [1.807, 2.05) is 13.8 Å². The first-order chi connectivity index (χ1) is 8.58. The normalized spacial score (nSPS) is 16.2. The number of hydrogen-bond donors (Lipinski definition) is 1. The Morgan fingerprint density at radius 1 is 1.44 bits per heavy atom. The van der Waals surface area contributed by atoms with Gasteiger partial charge in [-0.25, -0.2) is 4.39 Å². The van der Waals surface area contributed by atoms with Crippen LogP contribution in [0, 0.1) is 5.82 Å². The molecule has 0 bridgehead atoms. The third-order valence-electron chi connectivity index (χ3n) is 3.43. The number of carbonyl (C=O) groups excluding carboxylic acids is 1. The molecule has 1 heterocycles. The Balaban J connectivity index is 2.08. The van der Waals surface area contributed by atoms with E-state index in [1.54, 1.807) is 0 Å². The van der Waals surface area contributed by atoms with E-state index in [1.165, 1.54) is 12.3 Å². The second-order valence-electron chi connectivity index (χ2n) is 5.20. The monoisotopic (exact) mass is 250 g/mol. The predicted octanol–water partition coefficient (Wildman–Crippen LogP) is 3.02. The van der Waals surface area contributed by atoms with Gasteiger partial charge in [0.2, 0.25) is 0 Å². The van der Waals surface area contributed by atoms with Gasteiger partial charge in [0.15, 0.2) is 0 Å². The maximum Gasteiger partial charge on any atom is 0.270 e. The van der Waals surface area contributed by atoms with Crippen LogP contribution >= 0.6 is 0 Å². The largest absolute Gasteiger partial charge is 0.348 e. The fourth-order valence-electron chi connectivity index (χ4n) is 2.32. The first-order valence-electron chi connectivity index (χ1n) is 6.54. The zero-order chi connectivity index (χ0) is 13.1. The van der Waals surface area contributed by atoms with Gasteiger partial charge in [0, 0.05) is 23.9 Å². The van der Waals surface area contributed by atoms with Gasteiger partial charge in [0.1, 0.15) is 11.5 Å². The maximum absolute atomic E-state index is 13.8. The standard InChI is InChI=1S/C14H19FN2O/c1-9(2)11-8-16-13(7-12(11)15)14(18)17-10-5-3-4-6-10/h7-10H,3-6H2,1-2H3,(H,17,18). The van der Waals surface area contributed by atoms with E-state index in [0.717, 1.165) is 25.7 Å². The SMILES string of the molecule is CC(C)c1cnc(C(=O)NC2CCCC2)cc1F. The molecule has 3 nitrogen and oxygen atoms in total. The highest BCUT2D eigenvalue weighted by molar-refractivity contribution is 5.92. The van der Waals surface area contributed by atoms with Crippen LogP contribution in [-0.4, -0.2) is 16.9 Å². The van der Waals surface area contributed by atoms with Gasteiger partial charge in [-0.3, -0.25) is 9.78 Å². The van der Waals surface area contributed by atoms with Crippen LogP contribution in [0.3, 0.4) is 0 Å². The quantitative estimate of drug-likeness (QED) is 0.896. The van der Waals surface area contributed by atoms with Gasteiger partial charge < -0.3 is 5.32 Å². The summed E-state index contributed by atoms with van der Waals surface area (Å²) in [6.07, 6.45) is 5.79. The van der Waals surface area contributed by atoms with Crippen molar-refractivity contribution in [3.05, 3.63) is 29.3 Å². The molecule has 98 valence electrons. The van der Waals surface area contributed by atoms with E-state index in [9.17, 15) is 9.18 Å². The third kappa shape index (κ3) is 2.86. The lowest BCUT2D eigenvalue weighted by atomic mass is 10.0. The number of nitrogens with one attached hydrogen (secondary N) is 1. The second-order valence-corrected chi connectivity index (χ2v) is 5.20. The number of aromatic nitrogens is 1. The summed E-state index contributed by atoms with van der Waals surface area (Å²) >= 11 is 0. The van der Waals surface area contributed by atoms with E-state index in [0.29, 0.717) is 5.56 Å². The lowest BCUT2D eigenvalue weighted by Gasteiger charge is -2.12. The summed E-state index contributed by atoms with van der Waals surface area (Å²) in [7, 11) is 0. The highest BCUT2D eigenvalue weighted by Crippen LogP contribution is 2.19. The van der Waals surface area contributed by atoms with Crippen LogP contribution in [-0.2, 0) is 0 Å². The molecule has 1 N–H and O–H groups in total. The van der Waals surface area contributed by atoms with Crippen molar-refractivity contribution in [3.63, 3.8) is 0 Å². The minimum atomic E-state index is -0.350. The molecule has 18 heavy (non-hydrogen) atoms. The van der Waals surface area contributed by atoms with Crippen molar-refractivity contribution in [2.75, 3.05) is 0 Å². The molecule has 0 aromatic carbocycles. The first-order valence-corrected chi connectivity index (χ1v) is 6.54. The first kappa shape index (κ1) is 13.0. The molecule has 1 aliphatic rings. The van der Waals surface area contributed by atoms with Crippen LogP contribution in [0.15, 0.2) is 12.3 Å². The molecule has 0 unspecified atom stereocenters. The maximum atomic E-state index is 13.8. The number of nitrogens with zero attached hydrogens (tertiary/aromatic N) is 1. The summed E-state index contributed by atoms with van der Waals surface area (Å²) in [5, 5.41) is 2.90. The topological polar surface area (TPSA) is 42.0 Å². The van der Waals surface area contributed by atoms with E-state index >= 15 is 0 Å². The van der Waals surface area contributed by atoms with Gasteiger partial charge >= 0.3 is 0 Å². The molecule has 2 rings (SSSR count). The summed E-state index contributed by atoms with van der Waals surface area (Å²) < 4.78 is 13.8. The van der Waals surface area contributed by atoms with Crippen molar-refractivity contribution in [2.45, 2.75) is 51.5 Å². The molecule has 0 spiro atoms. The highest BCUT2D eigenvalue weighted by Gasteiger charge is 2.19. The van der Waals surface area contributed by atoms with Crippen LogP contribution in [0.4, 0.5) is 4.39 Å². The van der Waals surface area contributed by atoms with Crippen LogP contribution in [0.5, 0.6) is 0 Å². The molecule has 0 aliphatic heterocycles. The van der Waals surface area contributed by atoms with Gasteiger partial charge in [0.25, 0.3) is 5.91 Å². The molecule has 4 heteroatoms. The Bertz CT molecular complexity index is 439. The second kappa shape index (κ2) is 5.46. The van der Waals surface area contributed by atoms with Gasteiger partial charge in [-0.1, -0.05) is 26.7 Å². The summed E-state index contributed by atoms with van der Waals surface area (Å²) in [6.45, 7) is 3.80. The Labute approximate surface area is 107 Å². The lowest BCUT2D eigenvalue weighted by Crippen LogP contribution is -2.33. The van der Waals surface area contributed by atoms with E-state index in [2.05, 4.69) is 10.3 Å². The highest BCUT2D eigenvalue weighted by atomic mass is 19.1. The van der Waals surface area contributed by atoms with Crippen LogP contribution < -0.4 is 5.32 Å². The molecule has 1 amide bonds. The Kier molecular flexibility index (Phi) is 3.94. The average Bonchev–Trinajstić information content (AvgIpc) is 2.81. The fraction of sp³-hybridized carbons (Fsp3) is 0.571. The zero-order valence-corrected chi connectivity index (χ0v) is 10.9. The van der Waals surface area contributed by atoms with Gasteiger partial charge in [0.05, 0.1) is 0 Å². The molecular weight excluding hydrogens is 231 g/mol. The van der Waals surface area contributed by atoms with Crippen LogP contribution in [0.1, 0.15) is 61.5 Å². The summed E-state index contributed by atoms with van der Waals surface area (Å²) in [5.74, 6) is -0.544. The van der Waals surface area contributed by atoms with Gasteiger partial charge in [-0.2, -0.15) is 0 Å². The Morgan fingerprint density at radius 2 is 2.11 bits per heavy atom. The van der Waals surface area contributed by atoms with E-state index in [-0.39, 0.29) is 29.4 Å². The minimum absolute atomic E-state index is 0.0736. The van der Waals surface area contributed by atoms with Crippen LogP contribution in [0.25, 0.3) is 0 Å². The van der Waals surface area contributed by atoms with Gasteiger partial charge in [-0.05, 0) is 18.8 Å². The van der Waals surface area contributed by atoms with E-state index in [4.69, 9.17) is 0 Å². The smallest absolute Gasteiger partial charge is 0.270 e. The Morgan fingerprint density at radius 3 is 2.67 bits per heavy atom. The summed E-state index contributed by atoms with van der Waals surface area (Å²) in [4.78, 5) is 15.9. The van der Waals surface area contributed by atoms with E-state index < -0.39 is 0 Å². The summed E-state index contributed by atoms with van der Waals surface area (Å²) in [6, 6.07) is 1.46. The molecule has 1 aromatic heterocycles. The Hall–Kier alpha value is -1.45. The number of hydrogen-bond acceptors (Lipinski definition) is 2. The predicted molar refractivity (Wildman–Crippen MR) is 68.0 cm³/mol. The van der Waals surface area contributed by atoms with Gasteiger partial charge in [-0.15, -0.1) is 0 Å². The zero-order valence-electron chi connectivity index (χ0n) is 10.9. The number of rotatable bonds is 3. The lowest BCUT2D eigenvalue weighted by molar-refractivity contribution is 0.0932. The van der Waals surface area contributed by atoms with Crippen molar-refractivity contribution < 1.29 is 9.18 Å². The number of carbonyl (C=O) groups is 1. The summed E-state index contributed by atoms with van der Waals surface area (Å²) in [5.41, 5.74) is 0.719. The van der Waals surface area contributed by atoms with Crippen molar-refractivity contribution >= 4 is 5.91 Å². The van der Waals surface area contributed by atoms with Crippen LogP contribution in [0.2, 0.25) is 0 Å². The average molecular weight is 250 g/mol. The molecule has 1 fully saturated rings. The molecule has 0 radical (unpaired) electrons. The molecule has 1 saturated carbocycles. The fourth-order valence-corrected chi connectivity index (χ4v) is 2.32. The number of pyridine rings is 1. The van der Waals surface area contributed by atoms with Crippen molar-refractivity contribution in [3.8, 4) is 0 Å². The van der Waals surface area contributed by atoms with Crippen molar-refractivity contribution in [2.24, 2.45) is 0 Å². The van der Waals surface area contributed by atoms with Crippen molar-refractivity contribution in [1.82, 2.24) is 10.3 Å². The third-order valence-corrected chi connectivity index (χ3v) is 3.43. The molecule has 0 saturated heterocycles.